The van der Waals surface area contributed by atoms with Gasteiger partial charge < -0.3 is 15.7 Å². The van der Waals surface area contributed by atoms with Gasteiger partial charge in [0.05, 0.1) is 5.69 Å². The first-order valence-corrected chi connectivity index (χ1v) is 6.26. The molecular weight excluding hydrogens is 228 g/mol. The molecule has 0 amide bonds. The molecule has 1 aromatic heterocycles. The van der Waals surface area contributed by atoms with Gasteiger partial charge in [0.15, 0.2) is 0 Å². The standard InChI is InChI=1S/C13H18N4O/c14-8-11-12(3-5-16-13(11)15)17-6-1-2-10(9-17)4-7-18/h3,5,10,18H,1-2,4,6-7,9H2,(H2,15,16). The number of nitrogen functional groups attached to an aromatic ring is 1. The molecule has 1 aromatic rings. The van der Waals surface area contributed by atoms with Crippen LogP contribution in [-0.2, 0) is 0 Å². The summed E-state index contributed by atoms with van der Waals surface area (Å²) >= 11 is 0. The molecular formula is C13H18N4O. The van der Waals surface area contributed by atoms with Crippen LogP contribution < -0.4 is 10.6 Å². The smallest absolute Gasteiger partial charge is 0.143 e. The summed E-state index contributed by atoms with van der Waals surface area (Å²) in [6.07, 6.45) is 4.68. The van der Waals surface area contributed by atoms with Crippen LogP contribution in [0.1, 0.15) is 24.8 Å². The lowest BCUT2D eigenvalue weighted by atomic mass is 9.94. The Bertz CT molecular complexity index is 453. The van der Waals surface area contributed by atoms with Crippen molar-refractivity contribution in [1.82, 2.24) is 4.98 Å². The van der Waals surface area contributed by atoms with E-state index in [-0.39, 0.29) is 6.61 Å². The summed E-state index contributed by atoms with van der Waals surface area (Å²) in [4.78, 5) is 6.13. The molecule has 0 saturated carbocycles. The van der Waals surface area contributed by atoms with Crippen LogP contribution in [0.15, 0.2) is 12.3 Å². The zero-order valence-corrected chi connectivity index (χ0v) is 10.3. The molecule has 0 bridgehead atoms. The molecule has 0 aliphatic carbocycles. The second-order valence-electron chi connectivity index (χ2n) is 4.67. The molecule has 3 N–H and O–H groups in total. The molecule has 96 valence electrons. The highest BCUT2D eigenvalue weighted by Crippen LogP contribution is 2.28. The van der Waals surface area contributed by atoms with Crippen molar-refractivity contribution in [1.29, 1.82) is 5.26 Å². The van der Waals surface area contributed by atoms with Crippen LogP contribution in [0.5, 0.6) is 0 Å². The SMILES string of the molecule is N#Cc1c(N2CCCC(CCO)C2)ccnc1N. The van der Waals surface area contributed by atoms with Gasteiger partial charge in [-0.2, -0.15) is 5.26 Å². The predicted octanol–water partition coefficient (Wildman–Crippen LogP) is 1.13. The Balaban J connectivity index is 2.21. The number of nitrogens with zero attached hydrogens (tertiary/aromatic N) is 3. The van der Waals surface area contributed by atoms with Crippen LogP contribution in [0.25, 0.3) is 0 Å². The number of aliphatic hydroxyl groups is 1. The Morgan fingerprint density at radius 2 is 2.44 bits per heavy atom. The van der Waals surface area contributed by atoms with Gasteiger partial charge in [-0.05, 0) is 31.2 Å². The summed E-state index contributed by atoms with van der Waals surface area (Å²) in [6.45, 7) is 2.03. The second-order valence-corrected chi connectivity index (χ2v) is 4.67. The molecule has 18 heavy (non-hydrogen) atoms. The fourth-order valence-corrected chi connectivity index (χ4v) is 2.55. The van der Waals surface area contributed by atoms with Crippen molar-refractivity contribution in [3.8, 4) is 6.07 Å². The van der Waals surface area contributed by atoms with E-state index >= 15 is 0 Å². The summed E-state index contributed by atoms with van der Waals surface area (Å²) in [6, 6.07) is 3.97. The molecule has 5 heteroatoms. The maximum absolute atomic E-state index is 9.16. The summed E-state index contributed by atoms with van der Waals surface area (Å²) in [5, 5.41) is 18.2. The number of nitrogens with two attached hydrogens (primary N) is 1. The molecule has 1 saturated heterocycles. The molecule has 0 aromatic carbocycles. The van der Waals surface area contributed by atoms with E-state index in [1.54, 1.807) is 6.20 Å². The number of hydrogen-bond acceptors (Lipinski definition) is 5. The Morgan fingerprint density at radius 3 is 3.17 bits per heavy atom. The number of aliphatic hydroxyl groups excluding tert-OH is 1. The number of nitriles is 1. The van der Waals surface area contributed by atoms with Crippen molar-refractivity contribution in [3.63, 3.8) is 0 Å². The van der Waals surface area contributed by atoms with Crippen LogP contribution in [-0.4, -0.2) is 29.8 Å². The molecule has 1 fully saturated rings. The van der Waals surface area contributed by atoms with E-state index in [2.05, 4.69) is 16.0 Å². The number of hydrogen-bond donors (Lipinski definition) is 2. The number of pyridine rings is 1. The highest BCUT2D eigenvalue weighted by atomic mass is 16.3. The summed E-state index contributed by atoms with van der Waals surface area (Å²) < 4.78 is 0. The van der Waals surface area contributed by atoms with Gasteiger partial charge in [-0.15, -0.1) is 0 Å². The van der Waals surface area contributed by atoms with Crippen molar-refractivity contribution in [2.75, 3.05) is 30.3 Å². The molecule has 1 unspecified atom stereocenters. The third-order valence-electron chi connectivity index (χ3n) is 3.47. The maximum atomic E-state index is 9.16. The normalized spacial score (nSPS) is 19.6. The Morgan fingerprint density at radius 1 is 1.61 bits per heavy atom. The minimum atomic E-state index is 0.224. The van der Waals surface area contributed by atoms with Gasteiger partial charge in [0.1, 0.15) is 17.5 Å². The molecule has 5 nitrogen and oxygen atoms in total. The summed E-state index contributed by atoms with van der Waals surface area (Å²) in [5.41, 5.74) is 7.06. The van der Waals surface area contributed by atoms with Crippen molar-refractivity contribution < 1.29 is 5.11 Å². The number of aromatic nitrogens is 1. The van der Waals surface area contributed by atoms with Crippen LogP contribution in [0.2, 0.25) is 0 Å². The minimum absolute atomic E-state index is 0.224. The van der Waals surface area contributed by atoms with Gasteiger partial charge in [0.25, 0.3) is 0 Å². The van der Waals surface area contributed by atoms with E-state index in [9.17, 15) is 0 Å². The lowest BCUT2D eigenvalue weighted by Gasteiger charge is -2.34. The first kappa shape index (κ1) is 12.7. The third-order valence-corrected chi connectivity index (χ3v) is 3.47. The molecule has 0 radical (unpaired) electrons. The Hall–Kier alpha value is -1.80. The van der Waals surface area contributed by atoms with Gasteiger partial charge in [-0.3, -0.25) is 0 Å². The van der Waals surface area contributed by atoms with Crippen LogP contribution >= 0.6 is 0 Å². The minimum Gasteiger partial charge on any atom is -0.396 e. The first-order valence-electron chi connectivity index (χ1n) is 6.26. The Labute approximate surface area is 107 Å². The van der Waals surface area contributed by atoms with E-state index in [1.807, 2.05) is 6.07 Å². The van der Waals surface area contributed by atoms with Crippen LogP contribution in [0.4, 0.5) is 11.5 Å². The molecule has 1 aliphatic heterocycles. The van der Waals surface area contributed by atoms with E-state index in [4.69, 9.17) is 16.1 Å². The van der Waals surface area contributed by atoms with Gasteiger partial charge in [0, 0.05) is 25.9 Å². The lowest BCUT2D eigenvalue weighted by Crippen LogP contribution is -2.36. The first-order chi connectivity index (χ1) is 8.76. The predicted molar refractivity (Wildman–Crippen MR) is 70.0 cm³/mol. The highest BCUT2D eigenvalue weighted by molar-refractivity contribution is 5.67. The van der Waals surface area contributed by atoms with Gasteiger partial charge in [0.2, 0.25) is 0 Å². The van der Waals surface area contributed by atoms with Crippen molar-refractivity contribution >= 4 is 11.5 Å². The molecule has 1 atom stereocenters. The van der Waals surface area contributed by atoms with Gasteiger partial charge in [-0.1, -0.05) is 0 Å². The summed E-state index contributed by atoms with van der Waals surface area (Å²) in [5.74, 6) is 0.781. The Kier molecular flexibility index (Phi) is 4.00. The average molecular weight is 246 g/mol. The van der Waals surface area contributed by atoms with Gasteiger partial charge >= 0.3 is 0 Å². The maximum Gasteiger partial charge on any atom is 0.143 e. The topological polar surface area (TPSA) is 86.2 Å². The highest BCUT2D eigenvalue weighted by Gasteiger charge is 2.22. The number of piperidine rings is 1. The quantitative estimate of drug-likeness (QED) is 0.835. The van der Waals surface area contributed by atoms with Crippen molar-refractivity contribution in [2.24, 2.45) is 5.92 Å². The third kappa shape index (κ3) is 2.54. The van der Waals surface area contributed by atoms with Gasteiger partial charge in [-0.25, -0.2) is 4.98 Å². The second kappa shape index (κ2) is 5.69. The van der Waals surface area contributed by atoms with Crippen molar-refractivity contribution in [3.05, 3.63) is 17.8 Å². The van der Waals surface area contributed by atoms with Crippen LogP contribution in [0.3, 0.4) is 0 Å². The van der Waals surface area contributed by atoms with E-state index < -0.39 is 0 Å². The van der Waals surface area contributed by atoms with E-state index in [0.29, 0.717) is 17.3 Å². The zero-order valence-electron chi connectivity index (χ0n) is 10.3. The fraction of sp³-hybridized carbons (Fsp3) is 0.538. The molecule has 1 aliphatic rings. The lowest BCUT2D eigenvalue weighted by molar-refractivity contribution is 0.244. The fourth-order valence-electron chi connectivity index (χ4n) is 2.55. The molecule has 0 spiro atoms. The molecule has 2 heterocycles. The molecule has 2 rings (SSSR count). The van der Waals surface area contributed by atoms with E-state index in [0.717, 1.165) is 38.0 Å². The van der Waals surface area contributed by atoms with Crippen LogP contribution in [0, 0.1) is 17.2 Å². The largest absolute Gasteiger partial charge is 0.396 e. The van der Waals surface area contributed by atoms with Crippen molar-refractivity contribution in [2.45, 2.75) is 19.3 Å². The average Bonchev–Trinajstić information content (AvgIpc) is 2.39. The number of anilines is 2. The monoisotopic (exact) mass is 246 g/mol. The summed E-state index contributed by atoms with van der Waals surface area (Å²) in [7, 11) is 0. The number of rotatable bonds is 3. The zero-order chi connectivity index (χ0) is 13.0. The van der Waals surface area contributed by atoms with E-state index in [1.165, 1.54) is 0 Å².